The van der Waals surface area contributed by atoms with Gasteiger partial charge in [0.25, 0.3) is 0 Å². The van der Waals surface area contributed by atoms with Crippen molar-refractivity contribution < 1.29 is 14.3 Å². The molecule has 0 saturated heterocycles. The van der Waals surface area contributed by atoms with E-state index in [1.54, 1.807) is 12.1 Å². The molecular formula is C20H26FN3O2. The van der Waals surface area contributed by atoms with Crippen molar-refractivity contribution in [2.24, 2.45) is 0 Å². The third kappa shape index (κ3) is 6.04. The first-order chi connectivity index (χ1) is 12.6. The van der Waals surface area contributed by atoms with Crippen molar-refractivity contribution in [3.63, 3.8) is 0 Å². The molecule has 0 saturated carbocycles. The molecule has 2 rings (SSSR count). The molecule has 0 fully saturated rings. The maximum absolute atomic E-state index is 13.6. The molecule has 2 aromatic rings. The minimum Gasteiger partial charge on any atom is -0.386 e. The van der Waals surface area contributed by atoms with Crippen molar-refractivity contribution in [2.75, 3.05) is 31.1 Å². The fraction of sp³-hybridized carbons (Fsp3) is 0.350. The minimum absolute atomic E-state index is 0.0438. The zero-order valence-electron chi connectivity index (χ0n) is 15.0. The molecule has 0 radical (unpaired) electrons. The van der Waals surface area contributed by atoms with Crippen LogP contribution >= 0.6 is 0 Å². The van der Waals surface area contributed by atoms with Gasteiger partial charge in [-0.3, -0.25) is 0 Å². The monoisotopic (exact) mass is 359 g/mol. The lowest BCUT2D eigenvalue weighted by Gasteiger charge is -2.23. The Morgan fingerprint density at radius 3 is 2.50 bits per heavy atom. The van der Waals surface area contributed by atoms with Crippen LogP contribution in [0.2, 0.25) is 0 Å². The van der Waals surface area contributed by atoms with Crippen molar-refractivity contribution >= 4 is 11.7 Å². The molecule has 0 aliphatic rings. The zero-order chi connectivity index (χ0) is 18.8. The first-order valence-electron chi connectivity index (χ1n) is 8.86. The number of amides is 2. The Hall–Kier alpha value is -2.60. The van der Waals surface area contributed by atoms with Crippen LogP contribution in [0.25, 0.3) is 0 Å². The Morgan fingerprint density at radius 2 is 1.81 bits per heavy atom. The molecule has 0 heterocycles. The van der Waals surface area contributed by atoms with Gasteiger partial charge in [0.05, 0.1) is 6.10 Å². The van der Waals surface area contributed by atoms with Gasteiger partial charge < -0.3 is 20.6 Å². The van der Waals surface area contributed by atoms with E-state index < -0.39 is 11.9 Å². The number of carbonyl (C=O) groups excluding carboxylic acids is 1. The van der Waals surface area contributed by atoms with Crippen LogP contribution in [0.3, 0.4) is 0 Å². The van der Waals surface area contributed by atoms with Crippen LogP contribution in [-0.2, 0) is 0 Å². The summed E-state index contributed by atoms with van der Waals surface area (Å²) in [6.07, 6.45) is -0.276. The molecule has 0 aromatic heterocycles. The van der Waals surface area contributed by atoms with Crippen molar-refractivity contribution in [1.82, 2.24) is 10.6 Å². The molecule has 1 atom stereocenters. The third-order valence-corrected chi connectivity index (χ3v) is 4.11. The molecule has 0 aliphatic carbocycles. The van der Waals surface area contributed by atoms with Gasteiger partial charge in [0.15, 0.2) is 0 Å². The highest BCUT2D eigenvalue weighted by atomic mass is 19.1. The second kappa shape index (κ2) is 10.4. The number of aliphatic hydroxyl groups excluding tert-OH is 1. The fourth-order valence-electron chi connectivity index (χ4n) is 2.69. The number of hydrogen-bond donors (Lipinski definition) is 3. The Kier molecular flexibility index (Phi) is 7.89. The van der Waals surface area contributed by atoms with Gasteiger partial charge in [0.1, 0.15) is 5.82 Å². The van der Waals surface area contributed by atoms with E-state index >= 15 is 0 Å². The van der Waals surface area contributed by atoms with E-state index in [4.69, 9.17) is 0 Å². The van der Waals surface area contributed by atoms with E-state index in [0.717, 1.165) is 25.2 Å². The lowest BCUT2D eigenvalue weighted by molar-refractivity contribution is 0.169. The molecule has 140 valence electrons. The highest BCUT2D eigenvalue weighted by Crippen LogP contribution is 2.15. The lowest BCUT2D eigenvalue weighted by Crippen LogP contribution is -2.39. The van der Waals surface area contributed by atoms with Gasteiger partial charge >= 0.3 is 6.03 Å². The number of anilines is 1. The summed E-state index contributed by atoms with van der Waals surface area (Å²) in [6.45, 7) is 4.30. The normalized spacial score (nSPS) is 11.7. The summed E-state index contributed by atoms with van der Waals surface area (Å²) >= 11 is 0. The van der Waals surface area contributed by atoms with Crippen molar-refractivity contribution in [1.29, 1.82) is 0 Å². The van der Waals surface area contributed by atoms with E-state index in [1.165, 1.54) is 12.1 Å². The molecule has 5 nitrogen and oxygen atoms in total. The highest BCUT2D eigenvalue weighted by Gasteiger charge is 2.13. The Bertz CT molecular complexity index is 682. The molecule has 26 heavy (non-hydrogen) atoms. The second-order valence-corrected chi connectivity index (χ2v) is 5.94. The van der Waals surface area contributed by atoms with Gasteiger partial charge in [-0.15, -0.1) is 0 Å². The Morgan fingerprint density at radius 1 is 1.12 bits per heavy atom. The van der Waals surface area contributed by atoms with E-state index in [0.29, 0.717) is 6.54 Å². The highest BCUT2D eigenvalue weighted by molar-refractivity contribution is 5.73. The number of carbonyl (C=O) groups is 1. The smallest absolute Gasteiger partial charge is 0.314 e. The molecule has 6 heteroatoms. The number of aliphatic hydroxyl groups is 1. The maximum Gasteiger partial charge on any atom is 0.314 e. The number of para-hydroxylation sites is 1. The summed E-state index contributed by atoms with van der Waals surface area (Å²) in [5.74, 6) is -0.484. The second-order valence-electron chi connectivity index (χ2n) is 5.94. The maximum atomic E-state index is 13.6. The molecule has 2 amide bonds. The van der Waals surface area contributed by atoms with Crippen molar-refractivity contribution in [3.8, 4) is 0 Å². The lowest BCUT2D eigenvalue weighted by atomic mass is 10.1. The Labute approximate surface area is 153 Å². The van der Waals surface area contributed by atoms with Crippen molar-refractivity contribution in [2.45, 2.75) is 19.4 Å². The summed E-state index contributed by atoms with van der Waals surface area (Å²) in [7, 11) is 0. The molecule has 0 bridgehead atoms. The summed E-state index contributed by atoms with van der Waals surface area (Å²) in [5, 5.41) is 15.3. The Balaban J connectivity index is 1.66. The summed E-state index contributed by atoms with van der Waals surface area (Å²) in [6, 6.07) is 15.7. The number of hydrogen-bond acceptors (Lipinski definition) is 3. The number of nitrogens with one attached hydrogen (secondary N) is 2. The van der Waals surface area contributed by atoms with E-state index in [9.17, 15) is 14.3 Å². The number of nitrogens with zero attached hydrogens (tertiary/aromatic N) is 1. The first kappa shape index (κ1) is 19.7. The van der Waals surface area contributed by atoms with Crippen LogP contribution in [0.5, 0.6) is 0 Å². The molecule has 1 unspecified atom stereocenters. The van der Waals surface area contributed by atoms with Gasteiger partial charge in [0, 0.05) is 37.4 Å². The average molecular weight is 359 g/mol. The van der Waals surface area contributed by atoms with Crippen LogP contribution < -0.4 is 15.5 Å². The molecule has 0 aliphatic heterocycles. The third-order valence-electron chi connectivity index (χ3n) is 4.11. The van der Waals surface area contributed by atoms with Gasteiger partial charge in [0.2, 0.25) is 0 Å². The molecule has 0 spiro atoms. The zero-order valence-corrected chi connectivity index (χ0v) is 15.0. The summed E-state index contributed by atoms with van der Waals surface area (Å²) in [5.41, 5.74) is 1.33. The van der Waals surface area contributed by atoms with Crippen LogP contribution in [0, 0.1) is 5.82 Å². The first-order valence-corrected chi connectivity index (χ1v) is 8.86. The van der Waals surface area contributed by atoms with Gasteiger partial charge in [-0.2, -0.15) is 0 Å². The fourth-order valence-corrected chi connectivity index (χ4v) is 2.69. The minimum atomic E-state index is -1.07. The van der Waals surface area contributed by atoms with Gasteiger partial charge in [-0.1, -0.05) is 36.4 Å². The van der Waals surface area contributed by atoms with Crippen LogP contribution in [0.1, 0.15) is 25.0 Å². The summed E-state index contributed by atoms with van der Waals surface area (Å²) < 4.78 is 13.6. The van der Waals surface area contributed by atoms with E-state index in [1.807, 2.05) is 18.2 Å². The van der Waals surface area contributed by atoms with E-state index in [-0.39, 0.29) is 18.1 Å². The number of rotatable bonds is 9. The van der Waals surface area contributed by atoms with Crippen LogP contribution in [0.4, 0.5) is 14.9 Å². The topological polar surface area (TPSA) is 64.6 Å². The average Bonchev–Trinajstić information content (AvgIpc) is 2.67. The van der Waals surface area contributed by atoms with Crippen LogP contribution in [0.15, 0.2) is 54.6 Å². The largest absolute Gasteiger partial charge is 0.386 e. The van der Waals surface area contributed by atoms with Crippen LogP contribution in [-0.4, -0.2) is 37.3 Å². The predicted octanol–water partition coefficient (Wildman–Crippen LogP) is 3.07. The van der Waals surface area contributed by atoms with Crippen molar-refractivity contribution in [3.05, 3.63) is 66.0 Å². The molecule has 3 N–H and O–H groups in total. The standard InChI is InChI=1S/C20H26FN3O2/c1-2-24(16-9-4-3-5-10-16)14-8-13-22-20(26)23-15-19(25)17-11-6-7-12-18(17)21/h3-7,9-12,19,25H,2,8,13-15H2,1H3,(H2,22,23,26). The van der Waals surface area contributed by atoms with Gasteiger partial charge in [-0.25, -0.2) is 9.18 Å². The van der Waals surface area contributed by atoms with E-state index in [2.05, 4.69) is 34.6 Å². The SMILES string of the molecule is CCN(CCCNC(=O)NCC(O)c1ccccc1F)c1ccccc1. The number of benzene rings is 2. The quantitative estimate of drug-likeness (QED) is 0.603. The number of urea groups is 1. The number of halogens is 1. The van der Waals surface area contributed by atoms with Gasteiger partial charge in [-0.05, 0) is 31.5 Å². The molecular weight excluding hydrogens is 333 g/mol. The molecule has 2 aromatic carbocycles. The summed E-state index contributed by atoms with van der Waals surface area (Å²) in [4.78, 5) is 14.0. The predicted molar refractivity (Wildman–Crippen MR) is 102 cm³/mol.